The Kier molecular flexibility index (Phi) is 5.34. The maximum absolute atomic E-state index is 13.4. The summed E-state index contributed by atoms with van der Waals surface area (Å²) in [5.41, 5.74) is 1.76. The molecule has 1 amide bonds. The number of rotatable bonds is 5. The van der Waals surface area contributed by atoms with Gasteiger partial charge >= 0.3 is 0 Å². The monoisotopic (exact) mass is 454 g/mol. The van der Waals surface area contributed by atoms with Crippen LogP contribution < -0.4 is 9.47 Å². The molecule has 1 aromatic heterocycles. The number of aromatic nitrogens is 1. The molecule has 2 aliphatic heterocycles. The van der Waals surface area contributed by atoms with E-state index in [-0.39, 0.29) is 23.1 Å². The number of hydrogen-bond donors (Lipinski definition) is 0. The van der Waals surface area contributed by atoms with Crippen molar-refractivity contribution in [1.82, 2.24) is 10.1 Å². The van der Waals surface area contributed by atoms with Gasteiger partial charge in [-0.05, 0) is 30.2 Å². The van der Waals surface area contributed by atoms with Crippen LogP contribution in [0.3, 0.4) is 0 Å². The van der Waals surface area contributed by atoms with Gasteiger partial charge in [-0.3, -0.25) is 4.79 Å². The number of ether oxygens (including phenoxy) is 2. The molecule has 32 heavy (non-hydrogen) atoms. The molecule has 0 spiro atoms. The number of benzene rings is 2. The average molecular weight is 455 g/mol. The van der Waals surface area contributed by atoms with E-state index in [9.17, 15) is 13.2 Å². The van der Waals surface area contributed by atoms with Crippen LogP contribution in [0.25, 0.3) is 11.3 Å². The molecule has 1 saturated heterocycles. The molecule has 166 valence electrons. The Balaban J connectivity index is 1.42. The maximum Gasteiger partial charge on any atom is 0.276 e. The Hall–Kier alpha value is -3.33. The zero-order valence-corrected chi connectivity index (χ0v) is 18.1. The first-order valence-corrected chi connectivity index (χ1v) is 12.2. The smallest absolute Gasteiger partial charge is 0.276 e. The fourth-order valence-corrected chi connectivity index (χ4v) is 5.75. The van der Waals surface area contributed by atoms with Gasteiger partial charge in [0.2, 0.25) is 0 Å². The second-order valence-corrected chi connectivity index (χ2v) is 10.1. The number of hydrogen-bond acceptors (Lipinski definition) is 7. The molecule has 9 heteroatoms. The van der Waals surface area contributed by atoms with Gasteiger partial charge in [-0.15, -0.1) is 0 Å². The van der Waals surface area contributed by atoms with Crippen LogP contribution in [0.15, 0.2) is 59.1 Å². The summed E-state index contributed by atoms with van der Waals surface area (Å²) in [4.78, 5) is 15.0. The van der Waals surface area contributed by atoms with E-state index in [0.717, 1.165) is 5.56 Å². The van der Waals surface area contributed by atoms with Crippen molar-refractivity contribution in [3.8, 4) is 22.8 Å². The van der Waals surface area contributed by atoms with Crippen molar-refractivity contribution in [2.24, 2.45) is 0 Å². The van der Waals surface area contributed by atoms with Gasteiger partial charge in [-0.2, -0.15) is 0 Å². The molecule has 2 aliphatic rings. The second kappa shape index (κ2) is 8.31. The minimum atomic E-state index is -3.16. The number of nitrogens with zero attached hydrogens (tertiary/aromatic N) is 2. The van der Waals surface area contributed by atoms with Crippen LogP contribution in [0.1, 0.15) is 22.5 Å². The SMILES string of the molecule is O=C(c1cc(-c2ccc3c(c2)OCCO3)on1)N(Cc1ccccc1)[C@H]1CCS(=O)(=O)C1. The third-order valence-electron chi connectivity index (χ3n) is 5.66. The van der Waals surface area contributed by atoms with Crippen molar-refractivity contribution in [3.63, 3.8) is 0 Å². The molecule has 3 heterocycles. The van der Waals surface area contributed by atoms with Crippen molar-refractivity contribution >= 4 is 15.7 Å². The van der Waals surface area contributed by atoms with E-state index in [4.69, 9.17) is 14.0 Å². The normalized spacial score (nSPS) is 18.9. The van der Waals surface area contributed by atoms with Gasteiger partial charge in [0.1, 0.15) is 13.2 Å². The molecular weight excluding hydrogens is 432 g/mol. The van der Waals surface area contributed by atoms with Crippen LogP contribution in [0.4, 0.5) is 0 Å². The molecule has 8 nitrogen and oxygen atoms in total. The summed E-state index contributed by atoms with van der Waals surface area (Å²) in [6, 6.07) is 16.1. The summed E-state index contributed by atoms with van der Waals surface area (Å²) in [6.07, 6.45) is 0.410. The van der Waals surface area contributed by atoms with Crippen LogP contribution >= 0.6 is 0 Å². The number of sulfone groups is 1. The van der Waals surface area contributed by atoms with Gasteiger partial charge < -0.3 is 18.9 Å². The predicted molar refractivity (Wildman–Crippen MR) is 116 cm³/mol. The fraction of sp³-hybridized carbons (Fsp3) is 0.304. The van der Waals surface area contributed by atoms with Crippen molar-refractivity contribution in [2.45, 2.75) is 19.0 Å². The van der Waals surface area contributed by atoms with Crippen LogP contribution in [0.2, 0.25) is 0 Å². The fourth-order valence-electron chi connectivity index (χ4n) is 4.02. The standard InChI is InChI=1S/C23H22N2O6S/c26-23(25(14-16-4-2-1-3-5-16)18-8-11-32(27,28)15-18)19-13-21(31-24-19)17-6-7-20-22(12-17)30-10-9-29-20/h1-7,12-13,18H,8-11,14-15H2/t18-/m0/s1. The van der Waals surface area contributed by atoms with E-state index in [1.54, 1.807) is 23.1 Å². The molecule has 1 atom stereocenters. The maximum atomic E-state index is 13.4. The van der Waals surface area contributed by atoms with Crippen LogP contribution in [0, 0.1) is 0 Å². The van der Waals surface area contributed by atoms with Crippen molar-refractivity contribution < 1.29 is 27.2 Å². The number of amides is 1. The highest BCUT2D eigenvalue weighted by molar-refractivity contribution is 7.91. The average Bonchev–Trinajstić information content (AvgIpc) is 3.44. The minimum absolute atomic E-state index is 0.0432. The van der Waals surface area contributed by atoms with Gasteiger partial charge in [-0.1, -0.05) is 35.5 Å². The van der Waals surface area contributed by atoms with Crippen molar-refractivity contribution in [3.05, 3.63) is 65.9 Å². The minimum Gasteiger partial charge on any atom is -0.486 e. The van der Waals surface area contributed by atoms with Gasteiger partial charge in [0.05, 0.1) is 11.5 Å². The molecule has 0 saturated carbocycles. The zero-order valence-electron chi connectivity index (χ0n) is 17.3. The van der Waals surface area contributed by atoms with Crippen LogP contribution in [-0.4, -0.2) is 55.1 Å². The summed E-state index contributed by atoms with van der Waals surface area (Å²) < 4.78 is 40.7. The summed E-state index contributed by atoms with van der Waals surface area (Å²) in [5.74, 6) is 1.37. The quantitative estimate of drug-likeness (QED) is 0.584. The van der Waals surface area contributed by atoms with E-state index >= 15 is 0 Å². The van der Waals surface area contributed by atoms with E-state index in [1.165, 1.54) is 0 Å². The summed E-state index contributed by atoms with van der Waals surface area (Å²) in [7, 11) is -3.16. The molecule has 1 fully saturated rings. The lowest BCUT2D eigenvalue weighted by Crippen LogP contribution is -2.40. The highest BCUT2D eigenvalue weighted by atomic mass is 32.2. The van der Waals surface area contributed by atoms with Gasteiger partial charge in [-0.25, -0.2) is 8.42 Å². The van der Waals surface area contributed by atoms with Crippen molar-refractivity contribution in [2.75, 3.05) is 24.7 Å². The van der Waals surface area contributed by atoms with E-state index in [2.05, 4.69) is 5.16 Å². The third-order valence-corrected chi connectivity index (χ3v) is 7.41. The van der Waals surface area contributed by atoms with E-state index < -0.39 is 15.9 Å². The zero-order chi connectivity index (χ0) is 22.1. The Labute approximate surface area is 185 Å². The Morgan fingerprint density at radius 2 is 1.81 bits per heavy atom. The summed E-state index contributed by atoms with van der Waals surface area (Å²) >= 11 is 0. The van der Waals surface area contributed by atoms with E-state index in [0.29, 0.717) is 49.0 Å². The lowest BCUT2D eigenvalue weighted by molar-refractivity contribution is 0.0670. The topological polar surface area (TPSA) is 98.9 Å². The van der Waals surface area contributed by atoms with Gasteiger partial charge in [0.15, 0.2) is 32.8 Å². The van der Waals surface area contributed by atoms with E-state index in [1.807, 2.05) is 36.4 Å². The lowest BCUT2D eigenvalue weighted by Gasteiger charge is -2.27. The third kappa shape index (κ3) is 4.20. The molecule has 3 aromatic rings. The molecule has 0 radical (unpaired) electrons. The summed E-state index contributed by atoms with van der Waals surface area (Å²) in [6.45, 7) is 1.27. The lowest BCUT2D eigenvalue weighted by atomic mass is 10.1. The first kappa shape index (κ1) is 20.6. The largest absolute Gasteiger partial charge is 0.486 e. The Bertz CT molecular complexity index is 1240. The second-order valence-electron chi connectivity index (χ2n) is 7.91. The molecule has 2 aromatic carbocycles. The Morgan fingerprint density at radius 1 is 1.03 bits per heavy atom. The molecule has 0 N–H and O–H groups in total. The highest BCUT2D eigenvalue weighted by Gasteiger charge is 2.36. The molecule has 0 bridgehead atoms. The molecule has 5 rings (SSSR count). The van der Waals surface area contributed by atoms with Crippen LogP contribution in [0.5, 0.6) is 11.5 Å². The molecule has 0 unspecified atom stereocenters. The number of carbonyl (C=O) groups is 1. The Morgan fingerprint density at radius 3 is 2.56 bits per heavy atom. The predicted octanol–water partition coefficient (Wildman–Crippen LogP) is 2.94. The van der Waals surface area contributed by atoms with Crippen molar-refractivity contribution in [1.29, 1.82) is 0 Å². The summed E-state index contributed by atoms with van der Waals surface area (Å²) in [5, 5.41) is 3.99. The van der Waals surface area contributed by atoms with Gasteiger partial charge in [0, 0.05) is 24.2 Å². The van der Waals surface area contributed by atoms with Gasteiger partial charge in [0.25, 0.3) is 5.91 Å². The van der Waals surface area contributed by atoms with Crippen LogP contribution in [-0.2, 0) is 16.4 Å². The molecular formula is C23H22N2O6S. The first-order chi connectivity index (χ1) is 15.5. The number of carbonyl (C=O) groups excluding carboxylic acids is 1. The molecule has 0 aliphatic carbocycles. The highest BCUT2D eigenvalue weighted by Crippen LogP contribution is 2.35. The first-order valence-electron chi connectivity index (χ1n) is 10.4. The number of fused-ring (bicyclic) bond motifs is 1.